The van der Waals surface area contributed by atoms with Crippen LogP contribution in [-0.2, 0) is 69.5 Å². The molecular weight excluding hydrogens is 2600 g/mol. The average Bonchev–Trinajstić information content (AvgIpc) is 0.765. The van der Waals surface area contributed by atoms with E-state index in [4.69, 9.17) is 18.9 Å². The SMILES string of the molecule is Cc1cc(-c2cc(C(C)(C)C)cc(C(C)(C)C)c2)c(O)c(-c2c(OCCCOc3cc(F)c(F)c(F)c3-c3cc(C)cc(-c4cc(C(C)(C)C)cc(C(C)(C)C)c4)c3O)cc(F)c(F)c2F)c1.Cc1cc(-c2cc(C(C)(C)C)cc(C(C)(C)C)c2)c(O)c(-c2c(OCCCOc3cc(F)c(F)c(F)c3-c3cc(C)cc(-c4cc(C(C)(C)C)cc(C(C)(C)C)c4)c3O)cc(F)c(F)c2F)c1.II(I)I(I)I.[CH3-].[CH3-].[Zr+2]. The molecule has 0 saturated carbocycles. The van der Waals surface area contributed by atoms with E-state index < -0.39 is 115 Å². The molecule has 4 N–H and O–H groups in total. The summed E-state index contributed by atoms with van der Waals surface area (Å²) >= 11 is 10.5. The molecule has 0 saturated heterocycles. The second kappa shape index (κ2) is 48.2. The molecular formula is C116H130F12I6O8Zr. The van der Waals surface area contributed by atoms with Gasteiger partial charge in [0.15, 0.2) is 69.8 Å². The van der Waals surface area contributed by atoms with Gasteiger partial charge in [-0.3, -0.25) is 0 Å². The van der Waals surface area contributed by atoms with Crippen LogP contribution in [0.15, 0.2) is 146 Å². The molecule has 0 bridgehead atoms. The minimum atomic E-state index is -1.76. The quantitative estimate of drug-likeness (QED) is 0.0185. The fraction of sp³-hybridized carbons (Fsp3) is 0.362. The Morgan fingerprint density at radius 2 is 0.364 bits per heavy atom. The summed E-state index contributed by atoms with van der Waals surface area (Å²) in [6.07, 6.45) is -0.110. The third-order valence-corrected chi connectivity index (χ3v) is 189. The molecule has 0 heterocycles. The van der Waals surface area contributed by atoms with Crippen molar-refractivity contribution in [2.24, 2.45) is 0 Å². The number of hydrogen-bond acceptors (Lipinski definition) is 8. The van der Waals surface area contributed by atoms with Crippen molar-refractivity contribution in [2.75, 3.05) is 26.4 Å². The molecule has 12 aromatic rings. The molecule has 0 aromatic heterocycles. The van der Waals surface area contributed by atoms with Crippen molar-refractivity contribution in [1.82, 2.24) is 0 Å². The fourth-order valence-electron chi connectivity index (χ4n) is 16.0. The molecule has 0 unspecified atom stereocenters. The van der Waals surface area contributed by atoms with Gasteiger partial charge < -0.3 is 54.2 Å². The summed E-state index contributed by atoms with van der Waals surface area (Å²) in [7, 11) is -0.628. The van der Waals surface area contributed by atoms with Crippen molar-refractivity contribution >= 4 is 90.3 Å². The van der Waals surface area contributed by atoms with Gasteiger partial charge in [-0.25, -0.2) is 52.7 Å². The number of aryl methyl sites for hydroxylation is 4. The van der Waals surface area contributed by atoms with Gasteiger partial charge in [0.1, 0.15) is 46.0 Å². The van der Waals surface area contributed by atoms with E-state index in [2.05, 4.69) is 265 Å². The molecule has 0 aliphatic heterocycles. The topological polar surface area (TPSA) is 118 Å². The van der Waals surface area contributed by atoms with Gasteiger partial charge in [-0.2, -0.15) is 0 Å². The predicted octanol–water partition coefficient (Wildman–Crippen LogP) is 38.7. The van der Waals surface area contributed by atoms with Crippen LogP contribution >= 0.6 is 90.3 Å². The molecule has 8 nitrogen and oxygen atoms in total. The maximum absolute atomic E-state index is 16.0. The summed E-state index contributed by atoms with van der Waals surface area (Å²) in [5.41, 5.74) is 9.68. The van der Waals surface area contributed by atoms with Crippen LogP contribution in [0.5, 0.6) is 46.0 Å². The first kappa shape index (κ1) is 123. The number of halogens is 18. The third-order valence-electron chi connectivity index (χ3n) is 24.2. The van der Waals surface area contributed by atoms with E-state index >= 15 is 35.1 Å². The summed E-state index contributed by atoms with van der Waals surface area (Å²) in [6.45, 7) is 55.4. The normalized spacial score (nSPS) is 12.3. The van der Waals surface area contributed by atoms with Crippen molar-refractivity contribution < 1.29 is 118 Å². The summed E-state index contributed by atoms with van der Waals surface area (Å²) in [6, 6.07) is 39.6. The Hall–Kier alpha value is -6.54. The van der Waals surface area contributed by atoms with Gasteiger partial charge in [-0.1, -0.05) is 239 Å². The van der Waals surface area contributed by atoms with Gasteiger partial charge in [0.25, 0.3) is 0 Å². The maximum atomic E-state index is 16.0. The number of phenols is 4. The van der Waals surface area contributed by atoms with Crippen molar-refractivity contribution in [3.05, 3.63) is 297 Å². The monoisotopic (exact) mass is 2730 g/mol. The summed E-state index contributed by atoms with van der Waals surface area (Å²) in [5, 5.41) is 47.5. The van der Waals surface area contributed by atoms with Crippen molar-refractivity contribution in [3.63, 3.8) is 0 Å². The average molecular weight is 2730 g/mol. The van der Waals surface area contributed by atoms with E-state index in [-0.39, 0.29) is 185 Å². The van der Waals surface area contributed by atoms with Gasteiger partial charge in [0, 0.05) is 81.6 Å². The number of rotatable bonds is 21. The number of phenolic OH excluding ortho intramolecular Hbond substituents is 4. The number of benzene rings is 12. The smallest absolute Gasteiger partial charge is 0.358 e. The first-order valence-electron chi connectivity index (χ1n) is 45.7. The molecule has 772 valence electrons. The van der Waals surface area contributed by atoms with Crippen LogP contribution in [0.3, 0.4) is 0 Å². The molecule has 12 rings (SSSR count). The van der Waals surface area contributed by atoms with E-state index in [9.17, 15) is 38.0 Å². The maximum Gasteiger partial charge on any atom is 2.00 e. The molecule has 0 atom stereocenters. The van der Waals surface area contributed by atoms with Crippen LogP contribution < -0.4 is 18.9 Å². The number of hydrogen-bond donors (Lipinski definition) is 4. The standard InChI is InChI=1S/2C57H62F6O4.2CH3.I6.Zr/c2*1-30-18-38(32-22-34(54(3,4)5)26-35(23-32)55(6,7)8)52(64)40(20-30)46-44(28-42(58)48(60)50(46)62)66-16-15-17-67-45-29-43(59)49(61)51(63)47(45)41-21-31(2)19-39(53(41)65)33-24-36(56(9,10)11)27-37(25-33)57(12,13)14;;;1-5(2)6(3)4;/h2*18-29,64-65H,15-17H2,1-14H3;2*1H3;;/q;;2*-1;;+2. The van der Waals surface area contributed by atoms with Gasteiger partial charge in [0.05, 0.1) is 48.7 Å². The first-order valence-corrected chi connectivity index (χ1v) is 77.1. The van der Waals surface area contributed by atoms with Crippen molar-refractivity contribution in [1.29, 1.82) is 0 Å². The second-order valence-electron chi connectivity index (χ2n) is 43.9. The Morgan fingerprint density at radius 3 is 0.497 bits per heavy atom. The van der Waals surface area contributed by atoms with Crippen LogP contribution in [0.2, 0.25) is 0 Å². The zero-order chi connectivity index (χ0) is 105. The second-order valence-corrected chi connectivity index (χ2v) is 141. The molecule has 0 spiro atoms. The van der Waals surface area contributed by atoms with Crippen LogP contribution in [0.25, 0.3) is 89.0 Å². The molecule has 143 heavy (non-hydrogen) atoms. The Morgan fingerprint density at radius 1 is 0.224 bits per heavy atom. The minimum absolute atomic E-state index is 0. The Kier molecular flexibility index (Phi) is 41.6. The van der Waals surface area contributed by atoms with Gasteiger partial charge in [-0.05, 0) is 209 Å². The van der Waals surface area contributed by atoms with Crippen LogP contribution in [-0.4, -0.2) is 46.9 Å². The molecule has 0 aliphatic rings. The van der Waals surface area contributed by atoms with Crippen LogP contribution in [0.4, 0.5) is 52.7 Å². The Balaban J connectivity index is 0.000000360. The largest absolute Gasteiger partial charge is 2.00 e. The van der Waals surface area contributed by atoms with Crippen LogP contribution in [0.1, 0.15) is 246 Å². The zero-order valence-electron chi connectivity index (χ0n) is 86.8. The Bertz CT molecular complexity index is 5770. The van der Waals surface area contributed by atoms with E-state index in [0.29, 0.717) is 91.0 Å². The summed E-state index contributed by atoms with van der Waals surface area (Å²) in [4.78, 5) is 0. The summed E-state index contributed by atoms with van der Waals surface area (Å²) < 4.78 is 207. The predicted molar refractivity (Wildman–Crippen MR) is 612 cm³/mol. The molecule has 0 amide bonds. The van der Waals surface area contributed by atoms with Gasteiger partial charge >= 0.3 is 116 Å². The Labute approximate surface area is 906 Å². The van der Waals surface area contributed by atoms with E-state index in [1.807, 2.05) is 48.5 Å². The van der Waals surface area contributed by atoms with Crippen molar-refractivity contribution in [2.45, 2.75) is 250 Å². The fourth-order valence-corrected chi connectivity index (χ4v) is 16.0. The van der Waals surface area contributed by atoms with Gasteiger partial charge in [0.2, 0.25) is 0 Å². The minimum Gasteiger partial charge on any atom is -0.358 e. The van der Waals surface area contributed by atoms with Crippen molar-refractivity contribution in [3.8, 4) is 135 Å². The molecule has 27 heteroatoms. The first-order chi connectivity index (χ1) is 64.4. The van der Waals surface area contributed by atoms with Crippen LogP contribution in [0, 0.1) is 112 Å². The molecule has 0 aliphatic carbocycles. The number of aromatic hydroxyl groups is 4. The van der Waals surface area contributed by atoms with E-state index in [0.717, 1.165) is 44.5 Å². The summed E-state index contributed by atoms with van der Waals surface area (Å²) in [5.74, 6) is -22.6. The van der Waals surface area contributed by atoms with E-state index in [1.54, 1.807) is 52.0 Å². The molecule has 0 radical (unpaired) electrons. The third kappa shape index (κ3) is 29.6. The molecule has 12 aromatic carbocycles. The van der Waals surface area contributed by atoms with E-state index in [1.165, 1.54) is 24.3 Å². The zero-order valence-corrected chi connectivity index (χ0v) is 102. The number of ether oxygens (including phenoxy) is 4. The molecule has 0 fully saturated rings. The van der Waals surface area contributed by atoms with Gasteiger partial charge in [-0.15, -0.1) is 0 Å².